The monoisotopic (exact) mass is 245 g/mol. The number of nitrogens with zero attached hydrogens (tertiary/aromatic N) is 1. The van der Waals surface area contributed by atoms with Crippen molar-refractivity contribution >= 4 is 29.0 Å². The van der Waals surface area contributed by atoms with Crippen LogP contribution in [-0.4, -0.2) is 18.1 Å². The molecule has 2 rings (SSSR count). The third kappa shape index (κ3) is 2.79. The minimum atomic E-state index is -0.343. The highest BCUT2D eigenvalue weighted by Gasteiger charge is 2.12. The third-order valence-corrected chi connectivity index (χ3v) is 3.05. The van der Waals surface area contributed by atoms with E-state index >= 15 is 0 Å². The van der Waals surface area contributed by atoms with E-state index in [1.165, 1.54) is 7.11 Å². The smallest absolute Gasteiger partial charge is 0.338 e. The third-order valence-electron chi connectivity index (χ3n) is 2.23. The Kier molecular flexibility index (Phi) is 3.67. The lowest BCUT2D eigenvalue weighted by molar-refractivity contribution is -0.133. The second kappa shape index (κ2) is 5.41. The predicted octanol–water partition coefficient (Wildman–Crippen LogP) is 2.86. The van der Waals surface area contributed by atoms with Crippen LogP contribution in [0.2, 0.25) is 0 Å². The number of ether oxygens (including phenoxy) is 1. The lowest BCUT2D eigenvalue weighted by Gasteiger charge is -2.04. The first-order valence-electron chi connectivity index (χ1n) is 5.05. The highest BCUT2D eigenvalue weighted by Crippen LogP contribution is 2.21. The number of pyridine rings is 1. The van der Waals surface area contributed by atoms with Crippen molar-refractivity contribution in [2.75, 3.05) is 7.11 Å². The van der Waals surface area contributed by atoms with Crippen molar-refractivity contribution in [2.24, 2.45) is 0 Å². The quantitative estimate of drug-likeness (QED) is 0.616. The lowest BCUT2D eigenvalue weighted by atomic mass is 10.1. The Morgan fingerprint density at radius 3 is 2.71 bits per heavy atom. The lowest BCUT2D eigenvalue weighted by Crippen LogP contribution is -2.03. The van der Waals surface area contributed by atoms with E-state index in [1.54, 1.807) is 35.9 Å². The van der Waals surface area contributed by atoms with Gasteiger partial charge in [-0.1, -0.05) is 6.07 Å². The van der Waals surface area contributed by atoms with E-state index in [2.05, 4.69) is 4.98 Å². The minimum Gasteiger partial charge on any atom is -0.465 e. The molecule has 0 unspecified atom stereocenters. The van der Waals surface area contributed by atoms with Crippen molar-refractivity contribution in [3.05, 3.63) is 52.5 Å². The molecule has 0 atom stereocenters. The number of hydrogen-bond donors (Lipinski definition) is 0. The van der Waals surface area contributed by atoms with Crippen LogP contribution < -0.4 is 0 Å². The van der Waals surface area contributed by atoms with Gasteiger partial charge in [-0.3, -0.25) is 4.98 Å². The van der Waals surface area contributed by atoms with E-state index < -0.39 is 0 Å². The normalized spacial score (nSPS) is 11.2. The molecule has 17 heavy (non-hydrogen) atoms. The fraction of sp³-hybridized carbons (Fsp3) is 0.0769. The molecule has 0 N–H and O–H groups in total. The first-order chi connectivity index (χ1) is 8.31. The summed E-state index contributed by atoms with van der Waals surface area (Å²) in [4.78, 5) is 16.7. The van der Waals surface area contributed by atoms with Gasteiger partial charge in [-0.15, -0.1) is 11.3 Å². The zero-order chi connectivity index (χ0) is 12.1. The van der Waals surface area contributed by atoms with Crippen LogP contribution in [0.25, 0.3) is 11.6 Å². The molecule has 0 saturated heterocycles. The average Bonchev–Trinajstić information content (AvgIpc) is 2.89. The van der Waals surface area contributed by atoms with Gasteiger partial charge in [-0.05, 0) is 35.2 Å². The van der Waals surface area contributed by atoms with Gasteiger partial charge in [0.2, 0.25) is 0 Å². The SMILES string of the molecule is COC(=O)/C(=C/c1cccs1)c1ccncc1. The Morgan fingerprint density at radius 2 is 2.12 bits per heavy atom. The van der Waals surface area contributed by atoms with E-state index in [9.17, 15) is 4.79 Å². The van der Waals surface area contributed by atoms with Crippen LogP contribution >= 0.6 is 11.3 Å². The highest BCUT2D eigenvalue weighted by atomic mass is 32.1. The summed E-state index contributed by atoms with van der Waals surface area (Å²) >= 11 is 1.57. The predicted molar refractivity (Wildman–Crippen MR) is 68.4 cm³/mol. The van der Waals surface area contributed by atoms with Gasteiger partial charge in [0.05, 0.1) is 12.7 Å². The van der Waals surface area contributed by atoms with E-state index in [-0.39, 0.29) is 5.97 Å². The van der Waals surface area contributed by atoms with Crippen LogP contribution in [-0.2, 0) is 9.53 Å². The van der Waals surface area contributed by atoms with Crippen LogP contribution in [0.15, 0.2) is 42.0 Å². The maximum atomic E-state index is 11.7. The van der Waals surface area contributed by atoms with Crippen molar-refractivity contribution in [3.63, 3.8) is 0 Å². The fourth-order valence-corrected chi connectivity index (χ4v) is 2.07. The van der Waals surface area contributed by atoms with Crippen LogP contribution in [0.5, 0.6) is 0 Å². The summed E-state index contributed by atoms with van der Waals surface area (Å²) in [5.41, 5.74) is 1.35. The molecule has 0 aliphatic carbocycles. The topological polar surface area (TPSA) is 39.2 Å². The van der Waals surface area contributed by atoms with E-state index in [0.717, 1.165) is 10.4 Å². The number of thiophene rings is 1. The molecule has 3 nitrogen and oxygen atoms in total. The molecule has 0 radical (unpaired) electrons. The van der Waals surface area contributed by atoms with E-state index in [4.69, 9.17) is 4.74 Å². The van der Waals surface area contributed by atoms with Gasteiger partial charge in [-0.25, -0.2) is 4.79 Å². The van der Waals surface area contributed by atoms with Crippen molar-refractivity contribution < 1.29 is 9.53 Å². The second-order valence-electron chi connectivity index (χ2n) is 3.30. The number of carbonyl (C=O) groups excluding carboxylic acids is 1. The summed E-state index contributed by atoms with van der Waals surface area (Å²) < 4.78 is 4.79. The molecule has 0 fully saturated rings. The molecular formula is C13H11NO2S. The molecule has 2 aromatic heterocycles. The maximum Gasteiger partial charge on any atom is 0.338 e. The number of carbonyl (C=O) groups is 1. The fourth-order valence-electron chi connectivity index (χ4n) is 1.42. The summed E-state index contributed by atoms with van der Waals surface area (Å²) in [5.74, 6) is -0.343. The molecule has 0 spiro atoms. The summed E-state index contributed by atoms with van der Waals surface area (Å²) in [6.45, 7) is 0. The van der Waals surface area contributed by atoms with Gasteiger partial charge in [0, 0.05) is 17.3 Å². The first kappa shape index (κ1) is 11.5. The molecule has 0 amide bonds. The second-order valence-corrected chi connectivity index (χ2v) is 4.28. The van der Waals surface area contributed by atoms with Gasteiger partial charge in [0.15, 0.2) is 0 Å². The number of rotatable bonds is 3. The molecule has 86 valence electrons. The van der Waals surface area contributed by atoms with Crippen molar-refractivity contribution in [1.29, 1.82) is 0 Å². The summed E-state index contributed by atoms with van der Waals surface area (Å²) in [5, 5.41) is 1.97. The molecule has 0 saturated carbocycles. The van der Waals surface area contributed by atoms with Gasteiger partial charge in [0.1, 0.15) is 0 Å². The zero-order valence-electron chi connectivity index (χ0n) is 9.29. The number of hydrogen-bond acceptors (Lipinski definition) is 4. The van der Waals surface area contributed by atoms with Crippen LogP contribution in [0.3, 0.4) is 0 Å². The molecular weight excluding hydrogens is 234 g/mol. The molecule has 0 aromatic carbocycles. The molecule has 0 aliphatic rings. The van der Waals surface area contributed by atoms with Gasteiger partial charge < -0.3 is 4.74 Å². The Balaban J connectivity index is 2.43. The van der Waals surface area contributed by atoms with Crippen LogP contribution in [0.1, 0.15) is 10.4 Å². The minimum absolute atomic E-state index is 0.343. The van der Waals surface area contributed by atoms with E-state index in [0.29, 0.717) is 5.57 Å². The molecule has 2 heterocycles. The highest BCUT2D eigenvalue weighted by molar-refractivity contribution is 7.10. The Bertz CT molecular complexity index is 518. The Morgan fingerprint density at radius 1 is 1.35 bits per heavy atom. The van der Waals surface area contributed by atoms with Gasteiger partial charge >= 0.3 is 5.97 Å². The van der Waals surface area contributed by atoms with E-state index in [1.807, 2.05) is 23.6 Å². The summed E-state index contributed by atoms with van der Waals surface area (Å²) in [7, 11) is 1.38. The summed E-state index contributed by atoms with van der Waals surface area (Å²) in [6, 6.07) is 7.47. The first-order valence-corrected chi connectivity index (χ1v) is 5.93. The molecule has 4 heteroatoms. The number of esters is 1. The molecule has 0 bridgehead atoms. The zero-order valence-corrected chi connectivity index (χ0v) is 10.1. The standard InChI is InChI=1S/C13H11NO2S/c1-16-13(15)12(9-11-3-2-8-17-11)10-4-6-14-7-5-10/h2-9H,1H3/b12-9+. The Labute approximate surface area is 103 Å². The number of methoxy groups -OCH3 is 1. The van der Waals surface area contributed by atoms with Crippen LogP contribution in [0, 0.1) is 0 Å². The largest absolute Gasteiger partial charge is 0.465 e. The molecule has 2 aromatic rings. The van der Waals surface area contributed by atoms with Gasteiger partial charge in [0.25, 0.3) is 0 Å². The van der Waals surface area contributed by atoms with Crippen molar-refractivity contribution in [1.82, 2.24) is 4.98 Å². The Hall–Kier alpha value is -1.94. The number of aromatic nitrogens is 1. The summed E-state index contributed by atoms with van der Waals surface area (Å²) in [6.07, 6.45) is 5.13. The molecule has 0 aliphatic heterocycles. The van der Waals surface area contributed by atoms with Crippen molar-refractivity contribution in [3.8, 4) is 0 Å². The van der Waals surface area contributed by atoms with Gasteiger partial charge in [-0.2, -0.15) is 0 Å². The maximum absolute atomic E-state index is 11.7. The average molecular weight is 245 g/mol. The van der Waals surface area contributed by atoms with Crippen molar-refractivity contribution in [2.45, 2.75) is 0 Å². The van der Waals surface area contributed by atoms with Crippen LogP contribution in [0.4, 0.5) is 0 Å².